The molecule has 0 atom stereocenters. The Bertz CT molecular complexity index is 935. The lowest BCUT2D eigenvalue weighted by Crippen LogP contribution is -2.26. The molecule has 0 radical (unpaired) electrons. The molecule has 0 unspecified atom stereocenters. The maximum absolute atomic E-state index is 12.5. The SMILES string of the molecule is COC(=O)c1ccc(CCNS(=O)(=O)c2ccc(C(=O)OC)cc2C)cc1. The Morgan fingerprint density at radius 1 is 0.926 bits per heavy atom. The van der Waals surface area contributed by atoms with Crippen LogP contribution in [0.4, 0.5) is 0 Å². The van der Waals surface area contributed by atoms with E-state index in [4.69, 9.17) is 0 Å². The summed E-state index contributed by atoms with van der Waals surface area (Å²) in [6.45, 7) is 1.81. The number of aryl methyl sites for hydroxylation is 1. The average Bonchev–Trinajstić information content (AvgIpc) is 2.66. The van der Waals surface area contributed by atoms with Crippen molar-refractivity contribution in [3.8, 4) is 0 Å². The Kier molecular flexibility index (Phi) is 6.70. The van der Waals surface area contributed by atoms with E-state index in [2.05, 4.69) is 14.2 Å². The third-order valence-corrected chi connectivity index (χ3v) is 5.59. The fraction of sp³-hybridized carbons (Fsp3) is 0.263. The van der Waals surface area contributed by atoms with Crippen molar-refractivity contribution in [2.75, 3.05) is 20.8 Å². The molecule has 0 amide bonds. The van der Waals surface area contributed by atoms with E-state index < -0.39 is 22.0 Å². The van der Waals surface area contributed by atoms with Gasteiger partial charge < -0.3 is 9.47 Å². The summed E-state index contributed by atoms with van der Waals surface area (Å²) in [5.74, 6) is -0.946. The van der Waals surface area contributed by atoms with E-state index >= 15 is 0 Å². The standard InChI is InChI=1S/C19H21NO6S/c1-13-12-16(19(22)26-3)8-9-17(13)27(23,24)20-11-10-14-4-6-15(7-5-14)18(21)25-2/h4-9,12,20H,10-11H2,1-3H3. The lowest BCUT2D eigenvalue weighted by atomic mass is 10.1. The molecular formula is C19H21NO6S. The molecule has 0 aliphatic rings. The summed E-state index contributed by atoms with van der Waals surface area (Å²) in [6, 6.07) is 11.0. The zero-order valence-corrected chi connectivity index (χ0v) is 16.1. The van der Waals surface area contributed by atoms with Crippen molar-refractivity contribution >= 4 is 22.0 Å². The summed E-state index contributed by atoms with van der Waals surface area (Å²) >= 11 is 0. The number of hydrogen-bond acceptors (Lipinski definition) is 6. The fourth-order valence-corrected chi connectivity index (χ4v) is 3.78. The predicted octanol–water partition coefficient (Wildman–Crippen LogP) is 2.09. The highest BCUT2D eigenvalue weighted by molar-refractivity contribution is 7.89. The van der Waals surface area contributed by atoms with Crippen molar-refractivity contribution in [2.45, 2.75) is 18.2 Å². The van der Waals surface area contributed by atoms with Crippen LogP contribution >= 0.6 is 0 Å². The first-order chi connectivity index (χ1) is 12.8. The van der Waals surface area contributed by atoms with Crippen molar-refractivity contribution in [3.05, 3.63) is 64.7 Å². The largest absolute Gasteiger partial charge is 0.465 e. The van der Waals surface area contributed by atoms with E-state index in [1.807, 2.05) is 0 Å². The van der Waals surface area contributed by atoms with Crippen molar-refractivity contribution in [1.82, 2.24) is 4.72 Å². The van der Waals surface area contributed by atoms with Crippen LogP contribution in [0, 0.1) is 6.92 Å². The van der Waals surface area contributed by atoms with Crippen LogP contribution in [0.25, 0.3) is 0 Å². The third kappa shape index (κ3) is 5.15. The third-order valence-electron chi connectivity index (χ3n) is 3.97. The summed E-state index contributed by atoms with van der Waals surface area (Å²) in [4.78, 5) is 23.0. The van der Waals surface area contributed by atoms with E-state index in [1.165, 1.54) is 32.4 Å². The quantitative estimate of drug-likeness (QED) is 0.726. The average molecular weight is 391 g/mol. The first-order valence-corrected chi connectivity index (χ1v) is 9.62. The highest BCUT2D eigenvalue weighted by Gasteiger charge is 2.18. The molecule has 0 heterocycles. The van der Waals surface area contributed by atoms with Gasteiger partial charge in [0.2, 0.25) is 10.0 Å². The number of hydrogen-bond donors (Lipinski definition) is 1. The van der Waals surface area contributed by atoms with E-state index in [-0.39, 0.29) is 11.4 Å². The molecule has 8 heteroatoms. The molecule has 144 valence electrons. The zero-order chi connectivity index (χ0) is 20.0. The Balaban J connectivity index is 2.02. The van der Waals surface area contributed by atoms with Gasteiger partial charge >= 0.3 is 11.9 Å². The highest BCUT2D eigenvalue weighted by Crippen LogP contribution is 2.17. The van der Waals surface area contributed by atoms with Crippen molar-refractivity contribution in [1.29, 1.82) is 0 Å². The van der Waals surface area contributed by atoms with Crippen LogP contribution in [0.2, 0.25) is 0 Å². The monoisotopic (exact) mass is 391 g/mol. The topological polar surface area (TPSA) is 98.8 Å². The summed E-state index contributed by atoms with van der Waals surface area (Å²) in [6.07, 6.45) is 0.458. The molecule has 0 spiro atoms. The summed E-state index contributed by atoms with van der Waals surface area (Å²) < 4.78 is 36.8. The number of esters is 2. The second-order valence-corrected chi connectivity index (χ2v) is 7.54. The zero-order valence-electron chi connectivity index (χ0n) is 15.3. The molecule has 0 aliphatic carbocycles. The van der Waals surface area contributed by atoms with Crippen LogP contribution in [0.5, 0.6) is 0 Å². The Morgan fingerprint density at radius 3 is 2.04 bits per heavy atom. The summed E-state index contributed by atoms with van der Waals surface area (Å²) in [5.41, 5.74) is 2.05. The van der Waals surface area contributed by atoms with Crippen LogP contribution in [0.1, 0.15) is 31.8 Å². The maximum atomic E-state index is 12.5. The lowest BCUT2D eigenvalue weighted by molar-refractivity contribution is 0.0591. The minimum Gasteiger partial charge on any atom is -0.465 e. The number of nitrogens with one attached hydrogen (secondary N) is 1. The van der Waals surface area contributed by atoms with Gasteiger partial charge in [-0.25, -0.2) is 22.7 Å². The van der Waals surface area contributed by atoms with Gasteiger partial charge in [0.05, 0.1) is 30.2 Å². The minimum absolute atomic E-state index is 0.108. The van der Waals surface area contributed by atoms with Gasteiger partial charge in [0.15, 0.2) is 0 Å². The smallest absolute Gasteiger partial charge is 0.337 e. The number of carbonyl (C=O) groups is 2. The van der Waals surface area contributed by atoms with Crippen LogP contribution in [0.15, 0.2) is 47.4 Å². The van der Waals surface area contributed by atoms with Gasteiger partial charge in [-0.05, 0) is 54.8 Å². The van der Waals surface area contributed by atoms with Crippen molar-refractivity contribution < 1.29 is 27.5 Å². The van der Waals surface area contributed by atoms with E-state index in [9.17, 15) is 18.0 Å². The summed E-state index contributed by atoms with van der Waals surface area (Å²) in [5, 5.41) is 0. The molecule has 2 aromatic carbocycles. The van der Waals surface area contributed by atoms with Crippen LogP contribution in [-0.4, -0.2) is 41.1 Å². The maximum Gasteiger partial charge on any atom is 0.337 e. The first kappa shape index (κ1) is 20.6. The number of carbonyl (C=O) groups excluding carboxylic acids is 2. The van der Waals surface area contributed by atoms with E-state index in [0.29, 0.717) is 23.1 Å². The van der Waals surface area contributed by atoms with Gasteiger partial charge in [-0.3, -0.25) is 0 Å². The molecule has 0 aromatic heterocycles. The van der Waals surface area contributed by atoms with Crippen LogP contribution < -0.4 is 4.72 Å². The minimum atomic E-state index is -3.71. The van der Waals surface area contributed by atoms with Crippen molar-refractivity contribution in [2.24, 2.45) is 0 Å². The molecule has 0 saturated heterocycles. The number of benzene rings is 2. The molecule has 7 nitrogen and oxygen atoms in total. The lowest BCUT2D eigenvalue weighted by Gasteiger charge is -2.10. The molecule has 1 N–H and O–H groups in total. The van der Waals surface area contributed by atoms with Gasteiger partial charge in [0.25, 0.3) is 0 Å². The number of ether oxygens (including phenoxy) is 2. The molecule has 0 fully saturated rings. The summed E-state index contributed by atoms with van der Waals surface area (Å²) in [7, 11) is -1.14. The molecule has 0 aliphatic heterocycles. The molecule has 0 saturated carbocycles. The highest BCUT2D eigenvalue weighted by atomic mass is 32.2. The van der Waals surface area contributed by atoms with Gasteiger partial charge in [0.1, 0.15) is 0 Å². The van der Waals surface area contributed by atoms with Crippen LogP contribution in [0.3, 0.4) is 0 Å². The van der Waals surface area contributed by atoms with Crippen molar-refractivity contribution in [3.63, 3.8) is 0 Å². The Labute approximate surface area is 158 Å². The number of rotatable bonds is 7. The van der Waals surface area contributed by atoms with E-state index in [0.717, 1.165) is 5.56 Å². The van der Waals surface area contributed by atoms with Gasteiger partial charge in [0, 0.05) is 6.54 Å². The van der Waals surface area contributed by atoms with Gasteiger partial charge in [-0.2, -0.15) is 0 Å². The van der Waals surface area contributed by atoms with Gasteiger partial charge in [-0.15, -0.1) is 0 Å². The van der Waals surface area contributed by atoms with Gasteiger partial charge in [-0.1, -0.05) is 12.1 Å². The molecule has 2 aromatic rings. The molecule has 0 bridgehead atoms. The number of sulfonamides is 1. The Morgan fingerprint density at radius 2 is 1.48 bits per heavy atom. The normalized spacial score (nSPS) is 11.1. The second kappa shape index (κ2) is 8.79. The second-order valence-electron chi connectivity index (χ2n) is 5.81. The number of methoxy groups -OCH3 is 2. The first-order valence-electron chi connectivity index (χ1n) is 8.14. The fourth-order valence-electron chi connectivity index (χ4n) is 2.53. The molecular weight excluding hydrogens is 370 g/mol. The molecule has 2 rings (SSSR count). The Hall–Kier alpha value is -2.71. The van der Waals surface area contributed by atoms with E-state index in [1.54, 1.807) is 31.2 Å². The molecule has 27 heavy (non-hydrogen) atoms. The van der Waals surface area contributed by atoms with Crippen LogP contribution in [-0.2, 0) is 25.9 Å². The predicted molar refractivity (Wildman–Crippen MR) is 99.2 cm³/mol.